The van der Waals surface area contributed by atoms with Gasteiger partial charge in [-0.15, -0.1) is 0 Å². The summed E-state index contributed by atoms with van der Waals surface area (Å²) in [6.45, 7) is 0.619. The topological polar surface area (TPSA) is 79.4 Å². The molecule has 2 heterocycles. The summed E-state index contributed by atoms with van der Waals surface area (Å²) in [6, 6.07) is 10.1. The van der Waals surface area contributed by atoms with Crippen LogP contribution in [-0.2, 0) is 20.6 Å². The zero-order valence-corrected chi connectivity index (χ0v) is 16.8. The van der Waals surface area contributed by atoms with Gasteiger partial charge in [0.2, 0.25) is 15.9 Å². The third kappa shape index (κ3) is 5.19. The van der Waals surface area contributed by atoms with Crippen molar-refractivity contribution in [2.24, 2.45) is 5.92 Å². The first-order chi connectivity index (χ1) is 12.8. The number of nitrogens with zero attached hydrogens (tertiary/aromatic N) is 2. The average molecular weight is 428 g/mol. The molecule has 6 nitrogen and oxygen atoms in total. The lowest BCUT2D eigenvalue weighted by molar-refractivity contribution is -0.120. The Morgan fingerprint density at radius 1 is 1.15 bits per heavy atom. The molecule has 0 bridgehead atoms. The number of hydrogen-bond donors (Lipinski definition) is 1. The largest absolute Gasteiger partial charge is 0.310 e. The number of pyridine rings is 1. The van der Waals surface area contributed by atoms with Crippen LogP contribution in [0.2, 0.25) is 10.0 Å². The molecule has 27 heavy (non-hydrogen) atoms. The zero-order valence-electron chi connectivity index (χ0n) is 14.4. The average Bonchev–Trinajstić information content (AvgIpc) is 2.65. The van der Waals surface area contributed by atoms with Crippen molar-refractivity contribution in [1.82, 2.24) is 9.29 Å². The van der Waals surface area contributed by atoms with Crippen LogP contribution in [0.4, 0.5) is 5.82 Å². The summed E-state index contributed by atoms with van der Waals surface area (Å²) in [7, 11) is -3.49. The normalized spacial score (nSPS) is 16.2. The van der Waals surface area contributed by atoms with Crippen LogP contribution in [0.15, 0.2) is 42.6 Å². The fraction of sp³-hybridized carbons (Fsp3) is 0.333. The number of anilines is 1. The van der Waals surface area contributed by atoms with Crippen LogP contribution in [0.3, 0.4) is 0 Å². The summed E-state index contributed by atoms with van der Waals surface area (Å²) in [5.41, 5.74) is 0.583. The van der Waals surface area contributed by atoms with Gasteiger partial charge < -0.3 is 5.32 Å². The predicted octanol–water partition coefficient (Wildman–Crippen LogP) is 3.57. The Labute approximate surface area is 168 Å². The molecule has 0 unspecified atom stereocenters. The molecular formula is C18H19Cl2N3O3S. The Bertz CT molecular complexity index is 915. The van der Waals surface area contributed by atoms with Crippen molar-refractivity contribution >= 4 is 45.0 Å². The molecule has 1 aromatic carbocycles. The molecule has 1 fully saturated rings. The van der Waals surface area contributed by atoms with Gasteiger partial charge in [-0.1, -0.05) is 35.3 Å². The van der Waals surface area contributed by atoms with Crippen LogP contribution >= 0.6 is 23.2 Å². The molecule has 1 aliphatic rings. The van der Waals surface area contributed by atoms with E-state index >= 15 is 0 Å². The van der Waals surface area contributed by atoms with Gasteiger partial charge in [0.15, 0.2) is 0 Å². The predicted molar refractivity (Wildman–Crippen MR) is 106 cm³/mol. The monoisotopic (exact) mass is 427 g/mol. The first kappa shape index (κ1) is 20.1. The number of hydrogen-bond acceptors (Lipinski definition) is 4. The SMILES string of the molecule is O=C(Nc1ccccn1)C1CCN(S(=O)(=O)Cc2ccc(Cl)c(Cl)c2)CC1. The van der Waals surface area contributed by atoms with Crippen molar-refractivity contribution in [2.45, 2.75) is 18.6 Å². The second-order valence-electron chi connectivity index (χ2n) is 6.38. The molecule has 0 radical (unpaired) electrons. The standard InChI is InChI=1S/C18H19Cl2N3O3S/c19-15-5-4-13(11-16(15)20)12-27(25,26)23-9-6-14(7-10-23)18(24)22-17-3-1-2-8-21-17/h1-5,8,11,14H,6-7,9-10,12H2,(H,21,22,24). The quantitative estimate of drug-likeness (QED) is 0.790. The van der Waals surface area contributed by atoms with Crippen molar-refractivity contribution in [3.05, 3.63) is 58.2 Å². The fourth-order valence-corrected chi connectivity index (χ4v) is 4.86. The van der Waals surface area contributed by atoms with Crippen molar-refractivity contribution in [3.63, 3.8) is 0 Å². The Balaban J connectivity index is 1.57. The molecule has 144 valence electrons. The Kier molecular flexibility index (Phi) is 6.37. The van der Waals surface area contributed by atoms with Crippen molar-refractivity contribution in [1.29, 1.82) is 0 Å². The van der Waals surface area contributed by atoms with Gasteiger partial charge in [-0.3, -0.25) is 4.79 Å². The first-order valence-corrected chi connectivity index (χ1v) is 10.9. The van der Waals surface area contributed by atoms with Crippen LogP contribution in [-0.4, -0.2) is 36.7 Å². The van der Waals surface area contributed by atoms with Gasteiger partial charge in [0.25, 0.3) is 0 Å². The minimum atomic E-state index is -3.49. The van der Waals surface area contributed by atoms with E-state index in [2.05, 4.69) is 10.3 Å². The fourth-order valence-electron chi connectivity index (χ4n) is 2.99. The summed E-state index contributed by atoms with van der Waals surface area (Å²) < 4.78 is 26.7. The highest BCUT2D eigenvalue weighted by atomic mass is 35.5. The van der Waals surface area contributed by atoms with Gasteiger partial charge in [0, 0.05) is 25.2 Å². The number of carbonyl (C=O) groups is 1. The highest BCUT2D eigenvalue weighted by Crippen LogP contribution is 2.26. The number of rotatable bonds is 5. The van der Waals surface area contributed by atoms with Crippen LogP contribution in [0, 0.1) is 5.92 Å². The van der Waals surface area contributed by atoms with E-state index in [1.807, 2.05) is 0 Å². The maximum Gasteiger partial charge on any atom is 0.228 e. The highest BCUT2D eigenvalue weighted by molar-refractivity contribution is 7.88. The lowest BCUT2D eigenvalue weighted by Gasteiger charge is -2.30. The Hall–Kier alpha value is -1.67. The first-order valence-electron chi connectivity index (χ1n) is 8.49. The maximum absolute atomic E-state index is 12.7. The van der Waals surface area contributed by atoms with E-state index in [0.717, 1.165) is 0 Å². The summed E-state index contributed by atoms with van der Waals surface area (Å²) >= 11 is 11.8. The second kappa shape index (κ2) is 8.56. The molecule has 9 heteroatoms. The molecule has 2 aromatic rings. The van der Waals surface area contributed by atoms with E-state index in [-0.39, 0.29) is 17.6 Å². The van der Waals surface area contributed by atoms with E-state index in [0.29, 0.717) is 47.4 Å². The molecule has 1 aromatic heterocycles. The lowest BCUT2D eigenvalue weighted by Crippen LogP contribution is -2.41. The molecule has 0 spiro atoms. The Morgan fingerprint density at radius 3 is 2.52 bits per heavy atom. The third-order valence-corrected chi connectivity index (χ3v) is 7.06. The second-order valence-corrected chi connectivity index (χ2v) is 9.17. The van der Waals surface area contributed by atoms with Crippen LogP contribution in [0.1, 0.15) is 18.4 Å². The summed E-state index contributed by atoms with van der Waals surface area (Å²) in [5, 5.41) is 3.49. The van der Waals surface area contributed by atoms with E-state index in [4.69, 9.17) is 23.2 Å². The van der Waals surface area contributed by atoms with Crippen molar-refractivity contribution < 1.29 is 13.2 Å². The van der Waals surface area contributed by atoms with Gasteiger partial charge >= 0.3 is 0 Å². The van der Waals surface area contributed by atoms with Crippen LogP contribution < -0.4 is 5.32 Å². The molecule has 3 rings (SSSR count). The maximum atomic E-state index is 12.7. The molecular weight excluding hydrogens is 409 g/mol. The molecule has 1 amide bonds. The summed E-state index contributed by atoms with van der Waals surface area (Å²) in [6.07, 6.45) is 2.55. The van der Waals surface area contributed by atoms with Gasteiger partial charge in [-0.05, 0) is 42.7 Å². The number of amides is 1. The molecule has 0 atom stereocenters. The molecule has 0 saturated carbocycles. The third-order valence-electron chi connectivity index (χ3n) is 4.47. The molecule has 1 N–H and O–H groups in total. The van der Waals surface area contributed by atoms with Gasteiger partial charge in [-0.2, -0.15) is 0 Å². The number of halogens is 2. The van der Waals surface area contributed by atoms with Gasteiger partial charge in [0.05, 0.1) is 15.8 Å². The van der Waals surface area contributed by atoms with E-state index in [1.54, 1.807) is 42.6 Å². The van der Waals surface area contributed by atoms with Gasteiger partial charge in [-0.25, -0.2) is 17.7 Å². The van der Waals surface area contributed by atoms with E-state index < -0.39 is 10.0 Å². The lowest BCUT2D eigenvalue weighted by atomic mass is 9.97. The number of nitrogens with one attached hydrogen (secondary N) is 1. The van der Waals surface area contributed by atoms with Crippen molar-refractivity contribution in [2.75, 3.05) is 18.4 Å². The minimum Gasteiger partial charge on any atom is -0.310 e. The van der Waals surface area contributed by atoms with E-state index in [1.165, 1.54) is 4.31 Å². The number of carbonyl (C=O) groups excluding carboxylic acids is 1. The number of sulfonamides is 1. The molecule has 0 aliphatic carbocycles. The number of aromatic nitrogens is 1. The molecule has 1 saturated heterocycles. The van der Waals surface area contributed by atoms with Gasteiger partial charge in [0.1, 0.15) is 5.82 Å². The van der Waals surface area contributed by atoms with Crippen molar-refractivity contribution in [3.8, 4) is 0 Å². The summed E-state index contributed by atoms with van der Waals surface area (Å²) in [4.78, 5) is 16.4. The smallest absolute Gasteiger partial charge is 0.228 e. The Morgan fingerprint density at radius 2 is 1.89 bits per heavy atom. The minimum absolute atomic E-state index is 0.129. The van der Waals surface area contributed by atoms with Crippen LogP contribution in [0.5, 0.6) is 0 Å². The van der Waals surface area contributed by atoms with E-state index in [9.17, 15) is 13.2 Å². The summed E-state index contributed by atoms with van der Waals surface area (Å²) in [5.74, 6) is -0.00913. The highest BCUT2D eigenvalue weighted by Gasteiger charge is 2.31. The van der Waals surface area contributed by atoms with Crippen LogP contribution in [0.25, 0.3) is 0 Å². The zero-order chi connectivity index (χ0) is 19.4. The number of benzene rings is 1. The number of piperidine rings is 1. The molecule has 1 aliphatic heterocycles.